The summed E-state index contributed by atoms with van der Waals surface area (Å²) in [5.41, 5.74) is 2.46. The SMILES string of the molecule is Cc1cc(C=C2SC(=S)N(c3cccc(Cl)c3)C2=O)c(C)n1-c1cccc(C(F)(F)F)c1. The molecular formula is C23H16ClF3N2OS2. The number of carbonyl (C=O) groups is 1. The number of thioether (sulfide) groups is 1. The Labute approximate surface area is 197 Å². The molecule has 0 radical (unpaired) electrons. The van der Waals surface area contributed by atoms with Crippen LogP contribution in [0.3, 0.4) is 0 Å². The van der Waals surface area contributed by atoms with Crippen LogP contribution in [-0.4, -0.2) is 14.8 Å². The van der Waals surface area contributed by atoms with E-state index in [4.69, 9.17) is 23.8 Å². The molecule has 3 nitrogen and oxygen atoms in total. The quantitative estimate of drug-likeness (QED) is 0.286. The lowest BCUT2D eigenvalue weighted by molar-refractivity contribution is -0.137. The van der Waals surface area contributed by atoms with Gasteiger partial charge in [0, 0.05) is 22.1 Å². The Bertz CT molecular complexity index is 1280. The molecule has 9 heteroatoms. The molecule has 1 saturated heterocycles. The molecule has 0 spiro atoms. The third-order valence-electron chi connectivity index (χ3n) is 5.05. The van der Waals surface area contributed by atoms with Crippen molar-refractivity contribution in [2.75, 3.05) is 4.90 Å². The Hall–Kier alpha value is -2.55. The molecule has 0 aliphatic carbocycles. The summed E-state index contributed by atoms with van der Waals surface area (Å²) in [6.07, 6.45) is -2.71. The number of halogens is 4. The third-order valence-corrected chi connectivity index (χ3v) is 6.59. The highest BCUT2D eigenvalue weighted by Gasteiger charge is 2.34. The van der Waals surface area contributed by atoms with Crippen LogP contribution in [0.25, 0.3) is 11.8 Å². The molecule has 1 aliphatic rings. The van der Waals surface area contributed by atoms with Crippen LogP contribution < -0.4 is 4.90 Å². The zero-order valence-electron chi connectivity index (χ0n) is 16.9. The van der Waals surface area contributed by atoms with E-state index >= 15 is 0 Å². The Balaban J connectivity index is 1.71. The number of alkyl halides is 3. The molecule has 0 bridgehead atoms. The second-order valence-corrected chi connectivity index (χ2v) is 9.32. The summed E-state index contributed by atoms with van der Waals surface area (Å²) in [5, 5.41) is 0.491. The second kappa shape index (κ2) is 8.42. The average molecular weight is 493 g/mol. The van der Waals surface area contributed by atoms with Gasteiger partial charge in [0.15, 0.2) is 4.32 Å². The Morgan fingerprint density at radius 1 is 1.03 bits per heavy atom. The van der Waals surface area contributed by atoms with Crippen molar-refractivity contribution in [3.05, 3.63) is 87.0 Å². The van der Waals surface area contributed by atoms with Crippen LogP contribution in [0.1, 0.15) is 22.5 Å². The Kier molecular flexibility index (Phi) is 5.96. The fraction of sp³-hybridized carbons (Fsp3) is 0.130. The number of hydrogen-bond donors (Lipinski definition) is 0. The maximum absolute atomic E-state index is 13.2. The van der Waals surface area contributed by atoms with E-state index in [-0.39, 0.29) is 5.91 Å². The first-order valence-electron chi connectivity index (χ1n) is 9.46. The molecule has 2 aromatic carbocycles. The van der Waals surface area contributed by atoms with Gasteiger partial charge in [-0.15, -0.1) is 0 Å². The first-order chi connectivity index (χ1) is 15.1. The zero-order chi connectivity index (χ0) is 23.2. The van der Waals surface area contributed by atoms with Crippen molar-refractivity contribution in [2.24, 2.45) is 0 Å². The van der Waals surface area contributed by atoms with Gasteiger partial charge in [-0.2, -0.15) is 13.2 Å². The van der Waals surface area contributed by atoms with Gasteiger partial charge in [0.25, 0.3) is 5.91 Å². The fourth-order valence-corrected chi connectivity index (χ4v) is 5.07. The maximum atomic E-state index is 13.2. The van der Waals surface area contributed by atoms with Gasteiger partial charge in [-0.3, -0.25) is 9.69 Å². The number of aryl methyl sites for hydroxylation is 1. The molecule has 0 N–H and O–H groups in total. The largest absolute Gasteiger partial charge is 0.416 e. The normalized spacial score (nSPS) is 15.8. The minimum absolute atomic E-state index is 0.272. The van der Waals surface area contributed by atoms with E-state index in [9.17, 15) is 18.0 Å². The topological polar surface area (TPSA) is 25.2 Å². The van der Waals surface area contributed by atoms with Crippen molar-refractivity contribution in [3.8, 4) is 5.69 Å². The van der Waals surface area contributed by atoms with Crippen LogP contribution in [0.4, 0.5) is 18.9 Å². The predicted octanol–water partition coefficient (Wildman–Crippen LogP) is 7.17. The van der Waals surface area contributed by atoms with Gasteiger partial charge in [0.1, 0.15) is 0 Å². The van der Waals surface area contributed by atoms with E-state index in [1.807, 2.05) is 13.0 Å². The van der Waals surface area contributed by atoms with Crippen LogP contribution in [-0.2, 0) is 11.0 Å². The van der Waals surface area contributed by atoms with Crippen molar-refractivity contribution >= 4 is 57.6 Å². The molecule has 1 aliphatic heterocycles. The number of hydrogen-bond acceptors (Lipinski definition) is 3. The van der Waals surface area contributed by atoms with Crippen LogP contribution in [0.2, 0.25) is 5.02 Å². The van der Waals surface area contributed by atoms with Gasteiger partial charge in [0.2, 0.25) is 0 Å². The monoisotopic (exact) mass is 492 g/mol. The van der Waals surface area contributed by atoms with E-state index in [2.05, 4.69) is 0 Å². The molecule has 1 amide bonds. The molecule has 1 aromatic heterocycles. The van der Waals surface area contributed by atoms with Crippen molar-refractivity contribution in [1.82, 2.24) is 4.57 Å². The van der Waals surface area contributed by atoms with E-state index in [0.717, 1.165) is 29.1 Å². The van der Waals surface area contributed by atoms with Crippen LogP contribution in [0.15, 0.2) is 59.5 Å². The van der Waals surface area contributed by atoms with Gasteiger partial charge >= 0.3 is 6.18 Å². The van der Waals surface area contributed by atoms with E-state index < -0.39 is 11.7 Å². The highest BCUT2D eigenvalue weighted by Crippen LogP contribution is 2.38. The van der Waals surface area contributed by atoms with Gasteiger partial charge in [-0.05, 0) is 68.0 Å². The third kappa shape index (κ3) is 4.22. The Morgan fingerprint density at radius 2 is 1.72 bits per heavy atom. The molecule has 4 rings (SSSR count). The first-order valence-corrected chi connectivity index (χ1v) is 11.1. The molecule has 32 heavy (non-hydrogen) atoms. The molecule has 2 heterocycles. The summed E-state index contributed by atoms with van der Waals surface area (Å²) in [4.78, 5) is 14.9. The highest BCUT2D eigenvalue weighted by molar-refractivity contribution is 8.27. The molecule has 164 valence electrons. The summed E-state index contributed by atoms with van der Waals surface area (Å²) >= 11 is 12.6. The van der Waals surface area contributed by atoms with Crippen LogP contribution in [0, 0.1) is 13.8 Å². The molecule has 0 atom stereocenters. The Morgan fingerprint density at radius 3 is 2.41 bits per heavy atom. The van der Waals surface area contributed by atoms with Crippen LogP contribution >= 0.6 is 35.6 Å². The van der Waals surface area contributed by atoms with Crippen LogP contribution in [0.5, 0.6) is 0 Å². The van der Waals surface area contributed by atoms with E-state index in [1.165, 1.54) is 22.7 Å². The van der Waals surface area contributed by atoms with Crippen molar-refractivity contribution in [1.29, 1.82) is 0 Å². The molecular weight excluding hydrogens is 477 g/mol. The zero-order valence-corrected chi connectivity index (χ0v) is 19.3. The van der Waals surface area contributed by atoms with Crippen molar-refractivity contribution < 1.29 is 18.0 Å². The highest BCUT2D eigenvalue weighted by atomic mass is 35.5. The number of amides is 1. The summed E-state index contributed by atoms with van der Waals surface area (Å²) in [7, 11) is 0. The average Bonchev–Trinajstić information content (AvgIpc) is 3.15. The molecule has 0 unspecified atom stereocenters. The number of rotatable bonds is 3. The second-order valence-electron chi connectivity index (χ2n) is 7.21. The first kappa shape index (κ1) is 22.6. The predicted molar refractivity (Wildman–Crippen MR) is 127 cm³/mol. The smallest absolute Gasteiger partial charge is 0.318 e. The lowest BCUT2D eigenvalue weighted by atomic mass is 10.2. The fourth-order valence-electron chi connectivity index (χ4n) is 3.60. The summed E-state index contributed by atoms with van der Waals surface area (Å²) in [5.74, 6) is -0.272. The minimum atomic E-state index is -4.43. The standard InChI is InChI=1S/C23H16ClF3N2OS2/c1-13-9-15(14(2)28(13)18-7-3-5-16(11-18)23(25,26)27)10-20-21(30)29(22(31)32-20)19-8-4-6-17(24)12-19/h3-12H,1-2H3. The number of carbonyl (C=O) groups excluding carboxylic acids is 1. The molecule has 3 aromatic rings. The number of aromatic nitrogens is 1. The van der Waals surface area contributed by atoms with E-state index in [1.54, 1.807) is 47.9 Å². The number of anilines is 1. The van der Waals surface area contributed by atoms with Gasteiger partial charge in [-0.25, -0.2) is 0 Å². The summed E-state index contributed by atoms with van der Waals surface area (Å²) in [6, 6.07) is 13.9. The van der Waals surface area contributed by atoms with Crippen molar-refractivity contribution in [3.63, 3.8) is 0 Å². The number of nitrogens with zero attached hydrogens (tertiary/aromatic N) is 2. The van der Waals surface area contributed by atoms with Gasteiger partial charge in [0.05, 0.1) is 16.2 Å². The van der Waals surface area contributed by atoms with Crippen molar-refractivity contribution in [2.45, 2.75) is 20.0 Å². The van der Waals surface area contributed by atoms with Gasteiger partial charge in [-0.1, -0.05) is 47.7 Å². The lowest BCUT2D eigenvalue weighted by Crippen LogP contribution is -2.27. The van der Waals surface area contributed by atoms with Gasteiger partial charge < -0.3 is 4.57 Å². The maximum Gasteiger partial charge on any atom is 0.416 e. The summed E-state index contributed by atoms with van der Waals surface area (Å²) < 4.78 is 41.6. The summed E-state index contributed by atoms with van der Waals surface area (Å²) in [6.45, 7) is 3.61. The number of benzene rings is 2. The number of thiocarbonyl (C=S) groups is 1. The molecule has 1 fully saturated rings. The molecule has 0 saturated carbocycles. The lowest BCUT2D eigenvalue weighted by Gasteiger charge is -2.14. The van der Waals surface area contributed by atoms with E-state index in [0.29, 0.717) is 25.6 Å². The minimum Gasteiger partial charge on any atom is -0.318 e.